The minimum atomic E-state index is 0. The van der Waals surface area contributed by atoms with Gasteiger partial charge < -0.3 is 4.90 Å². The van der Waals surface area contributed by atoms with Gasteiger partial charge in [0.25, 0.3) is 0 Å². The Balaban J connectivity index is 0.00000320. The molecule has 0 aromatic heterocycles. The van der Waals surface area contributed by atoms with E-state index >= 15 is 0 Å². The number of amidine groups is 1. The summed E-state index contributed by atoms with van der Waals surface area (Å²) in [6.07, 6.45) is 8.69. The normalized spacial score (nSPS) is 21.2. The van der Waals surface area contributed by atoms with E-state index in [2.05, 4.69) is 49.9 Å². The molecule has 1 aliphatic heterocycles. The van der Waals surface area contributed by atoms with Gasteiger partial charge in [0.15, 0.2) is 5.17 Å². The van der Waals surface area contributed by atoms with E-state index in [4.69, 9.17) is 4.99 Å². The summed E-state index contributed by atoms with van der Waals surface area (Å²) in [5.41, 5.74) is 2.30. The van der Waals surface area contributed by atoms with Gasteiger partial charge >= 0.3 is 0 Å². The maximum Gasteiger partial charge on any atom is 0.225 e. The Labute approximate surface area is 193 Å². The Morgan fingerprint density at radius 3 is 2.43 bits per heavy atom. The van der Waals surface area contributed by atoms with Crippen molar-refractivity contribution in [3.63, 3.8) is 0 Å². The molecule has 0 bridgehead atoms. The van der Waals surface area contributed by atoms with Crippen molar-refractivity contribution < 1.29 is 4.79 Å². The highest BCUT2D eigenvalue weighted by atomic mass is 35.5. The average Bonchev–Trinajstić information content (AvgIpc) is 3.09. The third kappa shape index (κ3) is 6.16. The third-order valence-corrected chi connectivity index (χ3v) is 7.13. The number of rotatable bonds is 7. The minimum absolute atomic E-state index is 0. The Morgan fingerprint density at radius 2 is 1.87 bits per heavy atom. The second kappa shape index (κ2) is 12.0. The SMILES string of the molecule is CCCCN1C(=NC2CCCCC2)SCC1N(C(C)=O)c1ccc(C(C)C)cc1.Cl. The van der Waals surface area contributed by atoms with Crippen LogP contribution in [0, 0.1) is 0 Å². The van der Waals surface area contributed by atoms with E-state index in [0.717, 1.165) is 36.0 Å². The van der Waals surface area contributed by atoms with Crippen molar-refractivity contribution in [2.75, 3.05) is 17.2 Å². The number of aliphatic imine (C=N–C) groups is 1. The Kier molecular flexibility index (Phi) is 10.0. The minimum Gasteiger partial charge on any atom is -0.330 e. The van der Waals surface area contributed by atoms with E-state index in [9.17, 15) is 4.79 Å². The lowest BCUT2D eigenvalue weighted by atomic mass is 9.96. The molecule has 1 heterocycles. The summed E-state index contributed by atoms with van der Waals surface area (Å²) in [6, 6.07) is 8.99. The standard InChI is InChI=1S/C24H37N3OS.ClH/c1-5-6-16-26-23(17-29-24(26)25-21-10-8-7-9-11-21)27(19(4)28)22-14-12-20(13-15-22)18(2)3;/h12-15,18,21,23H,5-11,16-17H2,1-4H3;1H. The maximum atomic E-state index is 12.7. The number of hydrogen-bond acceptors (Lipinski definition) is 3. The quantitative estimate of drug-likeness (QED) is 0.477. The Hall–Kier alpha value is -1.20. The summed E-state index contributed by atoms with van der Waals surface area (Å²) in [6.45, 7) is 9.28. The van der Waals surface area contributed by atoms with Gasteiger partial charge in [0.05, 0.1) is 6.04 Å². The third-order valence-electron chi connectivity index (χ3n) is 6.06. The molecule has 1 aromatic rings. The van der Waals surface area contributed by atoms with Gasteiger partial charge in [0.2, 0.25) is 5.91 Å². The van der Waals surface area contributed by atoms with Gasteiger partial charge in [-0.2, -0.15) is 0 Å². The smallest absolute Gasteiger partial charge is 0.225 e. The number of benzene rings is 1. The number of thioether (sulfide) groups is 1. The lowest BCUT2D eigenvalue weighted by Crippen LogP contribution is -2.50. The van der Waals surface area contributed by atoms with E-state index < -0.39 is 0 Å². The van der Waals surface area contributed by atoms with E-state index in [1.54, 1.807) is 6.92 Å². The van der Waals surface area contributed by atoms with Crippen molar-refractivity contribution in [1.29, 1.82) is 0 Å². The van der Waals surface area contributed by atoms with Crippen LogP contribution in [-0.2, 0) is 4.79 Å². The first kappa shape index (κ1) is 25.1. The lowest BCUT2D eigenvalue weighted by Gasteiger charge is -2.35. The molecule has 168 valence electrons. The predicted molar refractivity (Wildman–Crippen MR) is 133 cm³/mol. The average molecular weight is 452 g/mol. The molecule has 2 aliphatic rings. The number of anilines is 1. The van der Waals surface area contributed by atoms with Crippen LogP contribution in [0.5, 0.6) is 0 Å². The molecule has 6 heteroatoms. The van der Waals surface area contributed by atoms with E-state index in [-0.39, 0.29) is 24.5 Å². The van der Waals surface area contributed by atoms with Gasteiger partial charge in [-0.15, -0.1) is 12.4 Å². The van der Waals surface area contributed by atoms with E-state index in [1.165, 1.54) is 37.7 Å². The summed E-state index contributed by atoms with van der Waals surface area (Å²) in [5, 5.41) is 1.15. The summed E-state index contributed by atoms with van der Waals surface area (Å²) >= 11 is 1.83. The summed E-state index contributed by atoms with van der Waals surface area (Å²) in [7, 11) is 0. The molecular formula is C24H38ClN3OS. The number of carbonyl (C=O) groups is 1. The number of hydrogen-bond donors (Lipinski definition) is 0. The van der Waals surface area contributed by atoms with E-state index in [1.807, 2.05) is 16.7 Å². The molecule has 1 atom stereocenters. The molecule has 1 amide bonds. The van der Waals surface area contributed by atoms with Crippen LogP contribution in [0.4, 0.5) is 5.69 Å². The fraction of sp³-hybridized carbons (Fsp3) is 0.667. The van der Waals surface area contributed by atoms with Crippen molar-refractivity contribution in [2.24, 2.45) is 4.99 Å². The summed E-state index contributed by atoms with van der Waals surface area (Å²) in [4.78, 5) is 22.3. The van der Waals surface area contributed by atoms with Gasteiger partial charge in [-0.1, -0.05) is 70.3 Å². The van der Waals surface area contributed by atoms with Gasteiger partial charge in [-0.25, -0.2) is 0 Å². The first-order chi connectivity index (χ1) is 14.0. The van der Waals surface area contributed by atoms with E-state index in [0.29, 0.717) is 12.0 Å². The molecule has 1 saturated carbocycles. The van der Waals surface area contributed by atoms with Crippen molar-refractivity contribution in [1.82, 2.24) is 4.90 Å². The van der Waals surface area contributed by atoms with Crippen molar-refractivity contribution >= 4 is 40.9 Å². The highest BCUT2D eigenvalue weighted by Gasteiger charge is 2.36. The fourth-order valence-electron chi connectivity index (χ4n) is 4.30. The zero-order valence-corrected chi connectivity index (χ0v) is 20.6. The van der Waals surface area contributed by atoms with Crippen LogP contribution in [0.25, 0.3) is 0 Å². The number of carbonyl (C=O) groups excluding carboxylic acids is 1. The molecule has 0 N–H and O–H groups in total. The van der Waals surface area contributed by atoms with Crippen molar-refractivity contribution in [3.05, 3.63) is 29.8 Å². The second-order valence-corrected chi connectivity index (χ2v) is 9.66. The van der Waals surface area contributed by atoms with Crippen LogP contribution >= 0.6 is 24.2 Å². The highest BCUT2D eigenvalue weighted by molar-refractivity contribution is 8.14. The molecule has 0 radical (unpaired) electrons. The molecule has 30 heavy (non-hydrogen) atoms. The molecule has 1 aromatic carbocycles. The second-order valence-electron chi connectivity index (χ2n) is 8.68. The van der Waals surface area contributed by atoms with Crippen LogP contribution in [0.2, 0.25) is 0 Å². The first-order valence-electron chi connectivity index (χ1n) is 11.4. The maximum absolute atomic E-state index is 12.7. The number of unbranched alkanes of at least 4 members (excludes halogenated alkanes) is 1. The molecule has 1 unspecified atom stereocenters. The van der Waals surface area contributed by atoms with Crippen LogP contribution in [0.3, 0.4) is 0 Å². The summed E-state index contributed by atoms with van der Waals surface area (Å²) < 4.78 is 0. The molecular weight excluding hydrogens is 414 g/mol. The molecule has 0 spiro atoms. The number of halogens is 1. The van der Waals surface area contributed by atoms with Crippen molar-refractivity contribution in [2.45, 2.75) is 90.8 Å². The molecule has 4 nitrogen and oxygen atoms in total. The van der Waals surface area contributed by atoms with Gasteiger partial charge in [-0.3, -0.25) is 14.7 Å². The van der Waals surface area contributed by atoms with Gasteiger partial charge in [-0.05, 0) is 42.9 Å². The van der Waals surface area contributed by atoms with Gasteiger partial charge in [0.1, 0.15) is 6.17 Å². The molecule has 1 aliphatic carbocycles. The molecule has 1 saturated heterocycles. The molecule has 2 fully saturated rings. The number of nitrogens with zero attached hydrogens (tertiary/aromatic N) is 3. The fourth-order valence-corrected chi connectivity index (χ4v) is 5.53. The topological polar surface area (TPSA) is 35.9 Å². The lowest BCUT2D eigenvalue weighted by molar-refractivity contribution is -0.117. The van der Waals surface area contributed by atoms with Crippen molar-refractivity contribution in [3.8, 4) is 0 Å². The monoisotopic (exact) mass is 451 g/mol. The Bertz CT molecular complexity index is 701. The highest BCUT2D eigenvalue weighted by Crippen LogP contribution is 2.33. The Morgan fingerprint density at radius 1 is 1.20 bits per heavy atom. The zero-order valence-electron chi connectivity index (χ0n) is 19.0. The predicted octanol–water partition coefficient (Wildman–Crippen LogP) is 6.45. The van der Waals surface area contributed by atoms with Crippen LogP contribution < -0.4 is 4.90 Å². The first-order valence-corrected chi connectivity index (χ1v) is 12.4. The number of amides is 1. The summed E-state index contributed by atoms with van der Waals surface area (Å²) in [5.74, 6) is 1.49. The molecule has 3 rings (SSSR count). The zero-order chi connectivity index (χ0) is 20.8. The van der Waals surface area contributed by atoms with Crippen LogP contribution in [0.15, 0.2) is 29.3 Å². The van der Waals surface area contributed by atoms with Crippen LogP contribution in [0.1, 0.15) is 84.1 Å². The van der Waals surface area contributed by atoms with Crippen LogP contribution in [-0.4, -0.2) is 40.5 Å². The largest absolute Gasteiger partial charge is 0.330 e. The van der Waals surface area contributed by atoms with Gasteiger partial charge in [0, 0.05) is 24.9 Å².